The molecule has 1 heterocycles. The minimum atomic E-state index is -0.0970. The summed E-state index contributed by atoms with van der Waals surface area (Å²) in [6.45, 7) is 5.65. The highest BCUT2D eigenvalue weighted by molar-refractivity contribution is 5.83. The number of carbonyl (C=O) groups excluding carboxylic acids is 1. The summed E-state index contributed by atoms with van der Waals surface area (Å²) in [7, 11) is 1.85. The van der Waals surface area contributed by atoms with Crippen LogP contribution in [0.1, 0.15) is 25.2 Å². The molecule has 1 rings (SSSR count). The zero-order valence-electron chi connectivity index (χ0n) is 9.82. The number of aromatic nitrogens is 2. The molecule has 0 fully saturated rings. The molecule has 0 aliphatic rings. The summed E-state index contributed by atoms with van der Waals surface area (Å²) >= 11 is 0. The summed E-state index contributed by atoms with van der Waals surface area (Å²) in [6, 6.07) is 1.85. The molecule has 0 aliphatic carbocycles. The van der Waals surface area contributed by atoms with Crippen molar-refractivity contribution >= 4 is 5.78 Å². The number of Topliss-reactive ketones (excluding diaryl/α,β-unsaturated/α-hetero) is 1. The van der Waals surface area contributed by atoms with E-state index in [1.807, 2.05) is 33.9 Å². The second-order valence-corrected chi connectivity index (χ2v) is 4.19. The second kappa shape index (κ2) is 4.57. The van der Waals surface area contributed by atoms with Crippen molar-refractivity contribution in [2.45, 2.75) is 33.2 Å². The van der Waals surface area contributed by atoms with Gasteiger partial charge in [0.2, 0.25) is 0 Å². The monoisotopic (exact) mass is 209 g/mol. The summed E-state index contributed by atoms with van der Waals surface area (Å²) in [5, 5.41) is 4.20. The van der Waals surface area contributed by atoms with Crippen molar-refractivity contribution in [1.29, 1.82) is 0 Å². The van der Waals surface area contributed by atoms with Gasteiger partial charge in [0.15, 0.2) is 0 Å². The Bertz CT molecular complexity index is 355. The highest BCUT2D eigenvalue weighted by Gasteiger charge is 2.18. The molecule has 15 heavy (non-hydrogen) atoms. The largest absolute Gasteiger partial charge is 0.327 e. The van der Waals surface area contributed by atoms with Crippen LogP contribution in [0.3, 0.4) is 0 Å². The predicted molar refractivity (Wildman–Crippen MR) is 59.5 cm³/mol. The standard InChI is InChI=1S/C11H19N3O/c1-7-5-10(14(4)13-7)6-11(15)8(2)9(3)12/h5,8-9H,6,12H2,1-4H3. The van der Waals surface area contributed by atoms with Crippen LogP contribution >= 0.6 is 0 Å². The fraction of sp³-hybridized carbons (Fsp3) is 0.636. The molecule has 4 nitrogen and oxygen atoms in total. The van der Waals surface area contributed by atoms with E-state index >= 15 is 0 Å². The molecule has 0 aliphatic heterocycles. The van der Waals surface area contributed by atoms with Gasteiger partial charge in [0, 0.05) is 31.1 Å². The van der Waals surface area contributed by atoms with Crippen LogP contribution in [0.25, 0.3) is 0 Å². The Morgan fingerprint density at radius 1 is 1.60 bits per heavy atom. The van der Waals surface area contributed by atoms with Gasteiger partial charge in [-0.2, -0.15) is 5.10 Å². The van der Waals surface area contributed by atoms with Crippen LogP contribution in [0.4, 0.5) is 0 Å². The second-order valence-electron chi connectivity index (χ2n) is 4.19. The minimum absolute atomic E-state index is 0.0909. The SMILES string of the molecule is Cc1cc(CC(=O)C(C)C(C)N)n(C)n1. The molecule has 4 heteroatoms. The van der Waals surface area contributed by atoms with Crippen LogP contribution in [0, 0.1) is 12.8 Å². The zero-order valence-corrected chi connectivity index (χ0v) is 9.82. The number of rotatable bonds is 4. The number of hydrogen-bond donors (Lipinski definition) is 1. The number of carbonyl (C=O) groups is 1. The topological polar surface area (TPSA) is 60.9 Å². The van der Waals surface area contributed by atoms with Crippen molar-refractivity contribution < 1.29 is 4.79 Å². The maximum atomic E-state index is 11.8. The number of ketones is 1. The summed E-state index contributed by atoms with van der Waals surface area (Å²) in [4.78, 5) is 11.8. The van der Waals surface area contributed by atoms with Gasteiger partial charge in [0.1, 0.15) is 5.78 Å². The minimum Gasteiger partial charge on any atom is -0.327 e. The summed E-state index contributed by atoms with van der Waals surface area (Å²) in [5.74, 6) is 0.0770. The van der Waals surface area contributed by atoms with E-state index in [1.54, 1.807) is 4.68 Å². The molecule has 0 aromatic carbocycles. The molecule has 2 N–H and O–H groups in total. The van der Waals surface area contributed by atoms with E-state index in [0.29, 0.717) is 6.42 Å². The first-order chi connectivity index (χ1) is 6.91. The molecule has 0 amide bonds. The van der Waals surface area contributed by atoms with Crippen LogP contribution in [-0.2, 0) is 18.3 Å². The maximum absolute atomic E-state index is 11.8. The summed E-state index contributed by atoms with van der Waals surface area (Å²) < 4.78 is 1.75. The van der Waals surface area contributed by atoms with Crippen molar-refractivity contribution in [3.8, 4) is 0 Å². The lowest BCUT2D eigenvalue weighted by Crippen LogP contribution is -2.31. The first-order valence-corrected chi connectivity index (χ1v) is 5.19. The first kappa shape index (κ1) is 11.9. The Morgan fingerprint density at radius 2 is 2.20 bits per heavy atom. The van der Waals surface area contributed by atoms with Gasteiger partial charge in [0.25, 0.3) is 0 Å². The Balaban J connectivity index is 2.70. The Labute approximate surface area is 90.5 Å². The first-order valence-electron chi connectivity index (χ1n) is 5.19. The average molecular weight is 209 g/mol. The van der Waals surface area contributed by atoms with Gasteiger partial charge < -0.3 is 5.73 Å². The van der Waals surface area contributed by atoms with Crippen molar-refractivity contribution in [1.82, 2.24) is 9.78 Å². The molecule has 1 aromatic rings. The van der Waals surface area contributed by atoms with Crippen molar-refractivity contribution in [3.05, 3.63) is 17.5 Å². The number of nitrogens with zero attached hydrogens (tertiary/aromatic N) is 2. The lowest BCUT2D eigenvalue weighted by atomic mass is 9.96. The predicted octanol–water partition coefficient (Wildman–Crippen LogP) is 0.823. The van der Waals surface area contributed by atoms with Gasteiger partial charge in [-0.05, 0) is 19.9 Å². The molecule has 0 spiro atoms. The smallest absolute Gasteiger partial charge is 0.143 e. The molecule has 2 unspecified atom stereocenters. The third kappa shape index (κ3) is 2.89. The van der Waals surface area contributed by atoms with Crippen molar-refractivity contribution in [2.75, 3.05) is 0 Å². The van der Waals surface area contributed by atoms with E-state index < -0.39 is 0 Å². The van der Waals surface area contributed by atoms with Crippen LogP contribution in [0.5, 0.6) is 0 Å². The number of hydrogen-bond acceptors (Lipinski definition) is 3. The summed E-state index contributed by atoms with van der Waals surface area (Å²) in [5.41, 5.74) is 7.58. The third-order valence-electron chi connectivity index (χ3n) is 2.75. The quantitative estimate of drug-likeness (QED) is 0.798. The van der Waals surface area contributed by atoms with Crippen molar-refractivity contribution in [3.63, 3.8) is 0 Å². The normalized spacial score (nSPS) is 15.0. The van der Waals surface area contributed by atoms with E-state index in [1.165, 1.54) is 0 Å². The van der Waals surface area contributed by atoms with E-state index in [9.17, 15) is 4.79 Å². The van der Waals surface area contributed by atoms with Crippen LogP contribution in [-0.4, -0.2) is 21.6 Å². The van der Waals surface area contributed by atoms with Gasteiger partial charge in [-0.25, -0.2) is 0 Å². The van der Waals surface area contributed by atoms with E-state index in [0.717, 1.165) is 11.4 Å². The van der Waals surface area contributed by atoms with Crippen molar-refractivity contribution in [2.24, 2.45) is 18.7 Å². The number of aryl methyl sites for hydroxylation is 2. The molecule has 84 valence electrons. The molecule has 0 saturated heterocycles. The molecule has 0 radical (unpaired) electrons. The Hall–Kier alpha value is -1.16. The van der Waals surface area contributed by atoms with E-state index in [-0.39, 0.29) is 17.7 Å². The molecule has 0 saturated carbocycles. The van der Waals surface area contributed by atoms with Crippen LogP contribution in [0.2, 0.25) is 0 Å². The van der Waals surface area contributed by atoms with Gasteiger partial charge in [-0.3, -0.25) is 9.48 Å². The maximum Gasteiger partial charge on any atom is 0.143 e. The highest BCUT2D eigenvalue weighted by Crippen LogP contribution is 2.09. The molecule has 0 bridgehead atoms. The lowest BCUT2D eigenvalue weighted by molar-refractivity contribution is -0.122. The van der Waals surface area contributed by atoms with Crippen LogP contribution < -0.4 is 5.73 Å². The molecular formula is C11H19N3O. The van der Waals surface area contributed by atoms with Gasteiger partial charge in [-0.15, -0.1) is 0 Å². The van der Waals surface area contributed by atoms with Crippen LogP contribution in [0.15, 0.2) is 6.07 Å². The molecule has 1 aromatic heterocycles. The lowest BCUT2D eigenvalue weighted by Gasteiger charge is -2.13. The molecular weight excluding hydrogens is 190 g/mol. The highest BCUT2D eigenvalue weighted by atomic mass is 16.1. The molecule has 2 atom stereocenters. The Morgan fingerprint density at radius 3 is 2.60 bits per heavy atom. The van der Waals surface area contributed by atoms with Gasteiger partial charge in [-0.1, -0.05) is 6.92 Å². The fourth-order valence-electron chi connectivity index (χ4n) is 1.46. The Kier molecular flexibility index (Phi) is 3.63. The van der Waals surface area contributed by atoms with Gasteiger partial charge in [0.05, 0.1) is 5.69 Å². The summed E-state index contributed by atoms with van der Waals surface area (Å²) in [6.07, 6.45) is 0.417. The average Bonchev–Trinajstić information content (AvgIpc) is 2.43. The third-order valence-corrected chi connectivity index (χ3v) is 2.75. The number of nitrogens with two attached hydrogens (primary N) is 1. The van der Waals surface area contributed by atoms with E-state index in [4.69, 9.17) is 5.73 Å². The van der Waals surface area contributed by atoms with Gasteiger partial charge >= 0.3 is 0 Å². The zero-order chi connectivity index (χ0) is 11.6. The fourth-order valence-corrected chi connectivity index (χ4v) is 1.46. The van der Waals surface area contributed by atoms with E-state index in [2.05, 4.69) is 5.10 Å².